The standard InChI is InChI=1S/C19H23FN2S/c1-14-5-8-17(15(2)12-14)4-3-11-21-19(23)22-13-16-6-9-18(20)10-7-16/h5-10,12H,3-4,11,13H2,1-2H3,(H2,21,22,23). The highest BCUT2D eigenvalue weighted by atomic mass is 32.1. The molecule has 0 radical (unpaired) electrons. The van der Waals surface area contributed by atoms with Crippen molar-refractivity contribution in [3.8, 4) is 0 Å². The van der Waals surface area contributed by atoms with Gasteiger partial charge >= 0.3 is 0 Å². The lowest BCUT2D eigenvalue weighted by Crippen LogP contribution is -2.35. The molecule has 0 atom stereocenters. The topological polar surface area (TPSA) is 24.1 Å². The molecule has 0 bridgehead atoms. The van der Waals surface area contributed by atoms with Gasteiger partial charge in [0.2, 0.25) is 0 Å². The predicted molar refractivity (Wildman–Crippen MR) is 98.1 cm³/mol. The van der Waals surface area contributed by atoms with Crippen LogP contribution in [-0.2, 0) is 13.0 Å². The number of hydrogen-bond donors (Lipinski definition) is 2. The molecule has 2 rings (SSSR count). The van der Waals surface area contributed by atoms with Crippen molar-refractivity contribution in [2.75, 3.05) is 6.54 Å². The minimum atomic E-state index is -0.221. The fourth-order valence-corrected chi connectivity index (χ4v) is 2.63. The van der Waals surface area contributed by atoms with Gasteiger partial charge in [0.05, 0.1) is 0 Å². The van der Waals surface area contributed by atoms with E-state index in [1.807, 2.05) is 0 Å². The Hall–Kier alpha value is -1.94. The number of nitrogens with one attached hydrogen (secondary N) is 2. The maximum atomic E-state index is 12.8. The molecular formula is C19H23FN2S. The van der Waals surface area contributed by atoms with Gasteiger partial charge in [-0.1, -0.05) is 35.9 Å². The van der Waals surface area contributed by atoms with Gasteiger partial charge in [0.25, 0.3) is 0 Å². The Kier molecular flexibility index (Phi) is 6.53. The summed E-state index contributed by atoms with van der Waals surface area (Å²) in [6.45, 7) is 5.71. The molecule has 0 fully saturated rings. The molecule has 2 nitrogen and oxygen atoms in total. The Labute approximate surface area is 143 Å². The number of halogens is 1. The zero-order chi connectivity index (χ0) is 16.7. The minimum Gasteiger partial charge on any atom is -0.363 e. The highest BCUT2D eigenvalue weighted by molar-refractivity contribution is 7.80. The van der Waals surface area contributed by atoms with Crippen LogP contribution in [0.4, 0.5) is 4.39 Å². The van der Waals surface area contributed by atoms with E-state index in [9.17, 15) is 4.39 Å². The van der Waals surface area contributed by atoms with Gasteiger partial charge in [-0.05, 0) is 67.7 Å². The average Bonchev–Trinajstić information content (AvgIpc) is 2.52. The van der Waals surface area contributed by atoms with Crippen molar-refractivity contribution in [2.24, 2.45) is 0 Å². The molecule has 0 saturated heterocycles. The molecule has 0 aliphatic carbocycles. The van der Waals surface area contributed by atoms with Crippen LogP contribution in [0.25, 0.3) is 0 Å². The van der Waals surface area contributed by atoms with E-state index in [4.69, 9.17) is 12.2 Å². The molecule has 0 aliphatic heterocycles. The van der Waals surface area contributed by atoms with E-state index in [-0.39, 0.29) is 5.82 Å². The normalized spacial score (nSPS) is 10.4. The number of benzene rings is 2. The lowest BCUT2D eigenvalue weighted by molar-refractivity contribution is 0.626. The Morgan fingerprint density at radius 2 is 1.78 bits per heavy atom. The van der Waals surface area contributed by atoms with Crippen LogP contribution in [0.5, 0.6) is 0 Å². The smallest absolute Gasteiger partial charge is 0.166 e. The summed E-state index contributed by atoms with van der Waals surface area (Å²) in [5, 5.41) is 6.98. The van der Waals surface area contributed by atoms with Crippen LogP contribution >= 0.6 is 12.2 Å². The highest BCUT2D eigenvalue weighted by Crippen LogP contribution is 2.12. The quantitative estimate of drug-likeness (QED) is 0.617. The SMILES string of the molecule is Cc1ccc(CCCNC(=S)NCc2ccc(F)cc2)c(C)c1. The Morgan fingerprint density at radius 1 is 1.04 bits per heavy atom. The molecule has 2 aromatic rings. The molecular weight excluding hydrogens is 307 g/mol. The van der Waals surface area contributed by atoms with Crippen molar-refractivity contribution in [2.45, 2.75) is 33.2 Å². The van der Waals surface area contributed by atoms with E-state index in [0.717, 1.165) is 24.9 Å². The first kappa shape index (κ1) is 17.4. The molecule has 2 aromatic carbocycles. The summed E-state index contributed by atoms with van der Waals surface area (Å²) in [7, 11) is 0. The minimum absolute atomic E-state index is 0.221. The number of rotatable bonds is 6. The third-order valence-corrected chi connectivity index (χ3v) is 4.06. The van der Waals surface area contributed by atoms with Crippen LogP contribution in [0, 0.1) is 19.7 Å². The first-order valence-corrected chi connectivity index (χ1v) is 8.27. The lowest BCUT2D eigenvalue weighted by atomic mass is 10.0. The van der Waals surface area contributed by atoms with E-state index in [0.29, 0.717) is 11.7 Å². The lowest BCUT2D eigenvalue weighted by Gasteiger charge is -2.11. The van der Waals surface area contributed by atoms with Gasteiger partial charge in [0, 0.05) is 13.1 Å². The third-order valence-electron chi connectivity index (χ3n) is 3.77. The maximum Gasteiger partial charge on any atom is 0.166 e. The summed E-state index contributed by atoms with van der Waals surface area (Å²) < 4.78 is 12.8. The fraction of sp³-hybridized carbons (Fsp3) is 0.316. The number of aryl methyl sites for hydroxylation is 3. The van der Waals surface area contributed by atoms with E-state index in [1.54, 1.807) is 12.1 Å². The average molecular weight is 330 g/mol. The Morgan fingerprint density at radius 3 is 2.48 bits per heavy atom. The van der Waals surface area contributed by atoms with Crippen LogP contribution in [0.3, 0.4) is 0 Å². The van der Waals surface area contributed by atoms with Crippen molar-refractivity contribution in [1.29, 1.82) is 0 Å². The summed E-state index contributed by atoms with van der Waals surface area (Å²) in [5.74, 6) is -0.221. The largest absolute Gasteiger partial charge is 0.363 e. The van der Waals surface area contributed by atoms with Crippen LogP contribution in [0.15, 0.2) is 42.5 Å². The van der Waals surface area contributed by atoms with Crippen LogP contribution < -0.4 is 10.6 Å². The number of hydrogen-bond acceptors (Lipinski definition) is 1. The van der Waals surface area contributed by atoms with Crippen LogP contribution in [0.2, 0.25) is 0 Å². The van der Waals surface area contributed by atoms with Crippen LogP contribution in [-0.4, -0.2) is 11.7 Å². The van der Waals surface area contributed by atoms with Crippen molar-refractivity contribution in [1.82, 2.24) is 10.6 Å². The molecule has 0 amide bonds. The van der Waals surface area contributed by atoms with Gasteiger partial charge in [-0.15, -0.1) is 0 Å². The summed E-state index contributed by atoms with van der Waals surface area (Å²) >= 11 is 5.26. The zero-order valence-corrected chi connectivity index (χ0v) is 14.5. The summed E-state index contributed by atoms with van der Waals surface area (Å²) in [6, 6.07) is 13.0. The molecule has 0 aromatic heterocycles. The van der Waals surface area contributed by atoms with Gasteiger partial charge in [-0.25, -0.2) is 4.39 Å². The third kappa shape index (κ3) is 5.99. The van der Waals surface area contributed by atoms with Crippen molar-refractivity contribution >= 4 is 17.3 Å². The summed E-state index contributed by atoms with van der Waals surface area (Å²) in [4.78, 5) is 0. The zero-order valence-electron chi connectivity index (χ0n) is 13.7. The maximum absolute atomic E-state index is 12.8. The van der Waals surface area contributed by atoms with Gasteiger partial charge in [-0.3, -0.25) is 0 Å². The molecule has 0 saturated carbocycles. The molecule has 2 N–H and O–H groups in total. The molecule has 0 aliphatic rings. The second-order valence-electron chi connectivity index (χ2n) is 5.77. The molecule has 0 unspecified atom stereocenters. The summed E-state index contributed by atoms with van der Waals surface area (Å²) in [5.41, 5.74) is 5.05. The monoisotopic (exact) mass is 330 g/mol. The van der Waals surface area contributed by atoms with Gasteiger partial charge in [0.15, 0.2) is 5.11 Å². The highest BCUT2D eigenvalue weighted by Gasteiger charge is 2.00. The fourth-order valence-electron chi connectivity index (χ4n) is 2.45. The molecule has 0 heterocycles. The van der Waals surface area contributed by atoms with Gasteiger partial charge in [0.1, 0.15) is 5.82 Å². The van der Waals surface area contributed by atoms with E-state index in [2.05, 4.69) is 42.7 Å². The van der Waals surface area contributed by atoms with E-state index in [1.165, 1.54) is 28.8 Å². The van der Waals surface area contributed by atoms with Crippen molar-refractivity contribution < 1.29 is 4.39 Å². The number of thiocarbonyl (C=S) groups is 1. The summed E-state index contributed by atoms with van der Waals surface area (Å²) in [6.07, 6.45) is 2.07. The predicted octanol–water partition coefficient (Wildman–Crippen LogP) is 4.04. The van der Waals surface area contributed by atoms with Crippen molar-refractivity contribution in [3.05, 3.63) is 70.5 Å². The van der Waals surface area contributed by atoms with E-state index < -0.39 is 0 Å². The molecule has 23 heavy (non-hydrogen) atoms. The van der Waals surface area contributed by atoms with Crippen molar-refractivity contribution in [3.63, 3.8) is 0 Å². The first-order chi connectivity index (χ1) is 11.0. The Bertz CT molecular complexity index is 653. The second kappa shape index (κ2) is 8.63. The Balaban J connectivity index is 1.65. The second-order valence-corrected chi connectivity index (χ2v) is 6.18. The van der Waals surface area contributed by atoms with Gasteiger partial charge in [-0.2, -0.15) is 0 Å². The van der Waals surface area contributed by atoms with Gasteiger partial charge < -0.3 is 10.6 Å². The van der Waals surface area contributed by atoms with Crippen LogP contribution in [0.1, 0.15) is 28.7 Å². The molecule has 122 valence electrons. The molecule has 0 spiro atoms. The van der Waals surface area contributed by atoms with E-state index >= 15 is 0 Å². The first-order valence-electron chi connectivity index (χ1n) is 7.87. The molecule has 4 heteroatoms.